The van der Waals surface area contributed by atoms with Crippen LogP contribution in [-0.2, 0) is 13.0 Å². The first-order chi connectivity index (χ1) is 10.2. The maximum absolute atomic E-state index is 3.22. The zero-order valence-corrected chi connectivity index (χ0v) is 13.2. The molecule has 0 amide bonds. The fourth-order valence-electron chi connectivity index (χ4n) is 3.36. The lowest BCUT2D eigenvalue weighted by atomic mass is 9.93. The fourth-order valence-corrected chi connectivity index (χ4v) is 3.36. The molecular formula is C19H24N2. The highest BCUT2D eigenvalue weighted by atomic mass is 15.1. The molecule has 3 rings (SSSR count). The molecule has 1 aliphatic heterocycles. The average molecular weight is 280 g/mol. The highest BCUT2D eigenvalue weighted by Crippen LogP contribution is 2.36. The number of nitrogens with zero attached hydrogens (tertiary/aromatic N) is 1. The summed E-state index contributed by atoms with van der Waals surface area (Å²) in [5.41, 5.74) is 6.88. The van der Waals surface area contributed by atoms with Gasteiger partial charge < -0.3 is 10.2 Å². The summed E-state index contributed by atoms with van der Waals surface area (Å²) in [6, 6.07) is 15.6. The lowest BCUT2D eigenvalue weighted by Gasteiger charge is -2.36. The van der Waals surface area contributed by atoms with Crippen LogP contribution in [0.15, 0.2) is 42.5 Å². The Labute approximate surface area is 127 Å². The second-order valence-corrected chi connectivity index (χ2v) is 6.20. The van der Waals surface area contributed by atoms with E-state index in [4.69, 9.17) is 0 Å². The maximum Gasteiger partial charge on any atom is 0.0443 e. The normalized spacial score (nSPS) is 17.7. The lowest BCUT2D eigenvalue weighted by Crippen LogP contribution is -2.30. The third-order valence-electron chi connectivity index (χ3n) is 4.28. The molecule has 0 bridgehead atoms. The van der Waals surface area contributed by atoms with Crippen LogP contribution in [0.3, 0.4) is 0 Å². The van der Waals surface area contributed by atoms with Gasteiger partial charge in [0.15, 0.2) is 0 Å². The molecule has 1 heterocycles. The van der Waals surface area contributed by atoms with Gasteiger partial charge in [0, 0.05) is 24.5 Å². The van der Waals surface area contributed by atoms with Gasteiger partial charge >= 0.3 is 0 Å². The van der Waals surface area contributed by atoms with Crippen molar-refractivity contribution in [2.24, 2.45) is 5.92 Å². The van der Waals surface area contributed by atoms with Crippen LogP contribution < -0.4 is 10.2 Å². The van der Waals surface area contributed by atoms with Gasteiger partial charge in [-0.2, -0.15) is 0 Å². The summed E-state index contributed by atoms with van der Waals surface area (Å²) in [6.45, 7) is 6.58. The largest absolute Gasteiger partial charge is 0.341 e. The fraction of sp³-hybridized carbons (Fsp3) is 0.368. The molecule has 0 aromatic heterocycles. The minimum absolute atomic E-state index is 0.691. The van der Waals surface area contributed by atoms with Crippen LogP contribution in [0.1, 0.15) is 23.6 Å². The molecular weight excluding hydrogens is 256 g/mol. The van der Waals surface area contributed by atoms with Gasteiger partial charge in [-0.25, -0.2) is 0 Å². The summed E-state index contributed by atoms with van der Waals surface area (Å²) >= 11 is 0. The van der Waals surface area contributed by atoms with Crippen molar-refractivity contribution in [3.63, 3.8) is 0 Å². The summed E-state index contributed by atoms with van der Waals surface area (Å²) in [5, 5.41) is 3.22. The molecule has 0 saturated carbocycles. The van der Waals surface area contributed by atoms with Crippen molar-refractivity contribution >= 4 is 11.4 Å². The summed E-state index contributed by atoms with van der Waals surface area (Å²) in [4.78, 5) is 2.49. The third kappa shape index (κ3) is 2.81. The minimum Gasteiger partial charge on any atom is -0.341 e. The molecule has 1 atom stereocenters. The van der Waals surface area contributed by atoms with E-state index >= 15 is 0 Å². The number of nitrogens with one attached hydrogen (secondary N) is 1. The summed E-state index contributed by atoms with van der Waals surface area (Å²) in [5.74, 6) is 0.691. The minimum atomic E-state index is 0.691. The Balaban J connectivity index is 2.00. The predicted octanol–water partition coefficient (Wildman–Crippen LogP) is 4.04. The van der Waals surface area contributed by atoms with E-state index < -0.39 is 0 Å². The Morgan fingerprint density at radius 1 is 1.14 bits per heavy atom. The second-order valence-electron chi connectivity index (χ2n) is 6.20. The van der Waals surface area contributed by atoms with E-state index in [1.807, 2.05) is 7.05 Å². The molecule has 0 fully saturated rings. The van der Waals surface area contributed by atoms with Crippen molar-refractivity contribution in [2.75, 3.05) is 18.5 Å². The first-order valence-electron chi connectivity index (χ1n) is 7.78. The number of hydrogen-bond donors (Lipinski definition) is 1. The van der Waals surface area contributed by atoms with Gasteiger partial charge in [0.25, 0.3) is 0 Å². The highest BCUT2D eigenvalue weighted by molar-refractivity contribution is 5.70. The van der Waals surface area contributed by atoms with E-state index in [1.165, 1.54) is 34.5 Å². The molecule has 1 N–H and O–H groups in total. The topological polar surface area (TPSA) is 15.3 Å². The van der Waals surface area contributed by atoms with E-state index in [-0.39, 0.29) is 0 Å². The van der Waals surface area contributed by atoms with Crippen LogP contribution in [0, 0.1) is 12.8 Å². The number of benzene rings is 2. The summed E-state index contributed by atoms with van der Waals surface area (Å²) in [6.07, 6.45) is 1.18. The maximum atomic E-state index is 3.22. The Kier molecular flexibility index (Phi) is 3.98. The van der Waals surface area contributed by atoms with E-state index in [2.05, 4.69) is 66.5 Å². The molecule has 2 heteroatoms. The van der Waals surface area contributed by atoms with Gasteiger partial charge in [0.2, 0.25) is 0 Å². The first-order valence-corrected chi connectivity index (χ1v) is 7.78. The van der Waals surface area contributed by atoms with Crippen LogP contribution in [0.5, 0.6) is 0 Å². The van der Waals surface area contributed by atoms with Crippen molar-refractivity contribution in [3.05, 3.63) is 59.2 Å². The van der Waals surface area contributed by atoms with Crippen LogP contribution >= 0.6 is 0 Å². The third-order valence-corrected chi connectivity index (χ3v) is 4.28. The van der Waals surface area contributed by atoms with E-state index in [1.54, 1.807) is 0 Å². The molecule has 0 spiro atoms. The molecule has 1 unspecified atom stereocenters. The van der Waals surface area contributed by atoms with Crippen LogP contribution in [0.2, 0.25) is 0 Å². The van der Waals surface area contributed by atoms with Gasteiger partial charge in [-0.1, -0.05) is 37.3 Å². The lowest BCUT2D eigenvalue weighted by molar-refractivity contribution is 0.562. The van der Waals surface area contributed by atoms with Gasteiger partial charge in [-0.05, 0) is 55.1 Å². The van der Waals surface area contributed by atoms with Gasteiger partial charge in [0.1, 0.15) is 0 Å². The molecule has 2 aromatic rings. The number of rotatable bonds is 3. The van der Waals surface area contributed by atoms with Crippen molar-refractivity contribution in [1.29, 1.82) is 0 Å². The molecule has 0 radical (unpaired) electrons. The Bertz CT molecular complexity index is 633. The van der Waals surface area contributed by atoms with E-state index in [0.717, 1.165) is 13.1 Å². The zero-order chi connectivity index (χ0) is 14.8. The molecule has 0 saturated heterocycles. The predicted molar refractivity (Wildman–Crippen MR) is 90.3 cm³/mol. The number of hydrogen-bond acceptors (Lipinski definition) is 2. The van der Waals surface area contributed by atoms with E-state index in [9.17, 15) is 0 Å². The molecule has 0 aliphatic carbocycles. The zero-order valence-electron chi connectivity index (χ0n) is 13.2. The SMILES string of the molecule is CNCc1ccc(N2CC(C)Cc3ccccc32)c(C)c1. The van der Waals surface area contributed by atoms with Gasteiger partial charge in [-0.3, -0.25) is 0 Å². The number of para-hydroxylation sites is 1. The van der Waals surface area contributed by atoms with Crippen molar-refractivity contribution in [3.8, 4) is 0 Å². The van der Waals surface area contributed by atoms with Crippen molar-refractivity contribution in [1.82, 2.24) is 5.32 Å². The summed E-state index contributed by atoms with van der Waals surface area (Å²) in [7, 11) is 1.99. The molecule has 2 aromatic carbocycles. The highest BCUT2D eigenvalue weighted by Gasteiger charge is 2.23. The van der Waals surface area contributed by atoms with Crippen LogP contribution in [0.4, 0.5) is 11.4 Å². The molecule has 1 aliphatic rings. The molecule has 110 valence electrons. The number of aryl methyl sites for hydroxylation is 1. The van der Waals surface area contributed by atoms with Gasteiger partial charge in [0.05, 0.1) is 0 Å². The Morgan fingerprint density at radius 3 is 2.71 bits per heavy atom. The monoisotopic (exact) mass is 280 g/mol. The quantitative estimate of drug-likeness (QED) is 0.912. The summed E-state index contributed by atoms with van der Waals surface area (Å²) < 4.78 is 0. The average Bonchev–Trinajstić information content (AvgIpc) is 2.47. The smallest absolute Gasteiger partial charge is 0.0443 e. The Hall–Kier alpha value is -1.80. The van der Waals surface area contributed by atoms with E-state index in [0.29, 0.717) is 5.92 Å². The molecule has 21 heavy (non-hydrogen) atoms. The second kappa shape index (κ2) is 5.90. The van der Waals surface area contributed by atoms with Gasteiger partial charge in [-0.15, -0.1) is 0 Å². The van der Waals surface area contributed by atoms with Crippen LogP contribution in [0.25, 0.3) is 0 Å². The molecule has 2 nitrogen and oxygen atoms in total. The standard InChI is InChI=1S/C19H24N2/c1-14-10-17-6-4-5-7-19(17)21(13-14)18-9-8-16(12-20-3)11-15(18)2/h4-9,11,14,20H,10,12-13H2,1-3H3. The number of anilines is 2. The van der Waals surface area contributed by atoms with Crippen molar-refractivity contribution < 1.29 is 0 Å². The van der Waals surface area contributed by atoms with Crippen molar-refractivity contribution in [2.45, 2.75) is 26.8 Å². The Morgan fingerprint density at radius 2 is 1.95 bits per heavy atom. The first kappa shape index (κ1) is 14.2. The van der Waals surface area contributed by atoms with Crippen LogP contribution in [-0.4, -0.2) is 13.6 Å². The number of fused-ring (bicyclic) bond motifs is 1.